The van der Waals surface area contributed by atoms with E-state index >= 15 is 0 Å². The quantitative estimate of drug-likeness (QED) is 0.806. The van der Waals surface area contributed by atoms with Gasteiger partial charge < -0.3 is 4.74 Å². The summed E-state index contributed by atoms with van der Waals surface area (Å²) in [6.45, 7) is 4.20. The van der Waals surface area contributed by atoms with Crippen molar-refractivity contribution in [2.75, 3.05) is 7.11 Å². The first-order valence-electron chi connectivity index (χ1n) is 6.50. The van der Waals surface area contributed by atoms with Gasteiger partial charge >= 0.3 is 0 Å². The van der Waals surface area contributed by atoms with Crippen LogP contribution in [-0.4, -0.2) is 12.1 Å². The minimum Gasteiger partial charge on any atom is -0.496 e. The maximum absolute atomic E-state index is 5.45. The van der Waals surface area contributed by atoms with Crippen LogP contribution in [0.4, 0.5) is 0 Å². The second-order valence-electron chi connectivity index (χ2n) is 4.99. The van der Waals surface area contributed by atoms with E-state index < -0.39 is 0 Å². The van der Waals surface area contributed by atoms with Gasteiger partial charge in [0.1, 0.15) is 5.75 Å². The Bertz CT molecular complexity index is 671. The molecule has 0 fully saturated rings. The topological polar surface area (TPSA) is 22.1 Å². The molecule has 3 rings (SSSR count). The van der Waals surface area contributed by atoms with Crippen LogP contribution in [0.2, 0.25) is 0 Å². The van der Waals surface area contributed by atoms with Crippen LogP contribution < -0.4 is 4.74 Å². The van der Waals surface area contributed by atoms with Gasteiger partial charge in [-0.3, -0.25) is 4.98 Å². The molecule has 1 aromatic heterocycles. The highest BCUT2D eigenvalue weighted by Gasteiger charge is 2.10. The van der Waals surface area contributed by atoms with Crippen molar-refractivity contribution in [1.29, 1.82) is 0 Å². The van der Waals surface area contributed by atoms with Crippen molar-refractivity contribution in [3.8, 4) is 16.9 Å². The number of hydrogen-bond acceptors (Lipinski definition) is 2. The molecule has 0 amide bonds. The summed E-state index contributed by atoms with van der Waals surface area (Å²) in [5.41, 5.74) is 7.14. The molecule has 1 aromatic carbocycles. The normalized spacial score (nSPS) is 12.6. The monoisotopic (exact) mass is 251 g/mol. The molecule has 1 aliphatic rings. The zero-order valence-electron chi connectivity index (χ0n) is 11.5. The highest BCUT2D eigenvalue weighted by molar-refractivity contribution is 5.71. The number of aryl methyl sites for hydroxylation is 1. The van der Waals surface area contributed by atoms with Crippen molar-refractivity contribution in [2.45, 2.75) is 20.3 Å². The fourth-order valence-corrected chi connectivity index (χ4v) is 2.49. The number of methoxy groups -OCH3 is 1. The van der Waals surface area contributed by atoms with E-state index in [1.165, 1.54) is 22.4 Å². The van der Waals surface area contributed by atoms with Gasteiger partial charge in [-0.25, -0.2) is 0 Å². The van der Waals surface area contributed by atoms with Gasteiger partial charge in [-0.15, -0.1) is 0 Å². The average Bonchev–Trinajstić information content (AvgIpc) is 2.89. The minimum absolute atomic E-state index is 0.936. The molecule has 2 heteroatoms. The van der Waals surface area contributed by atoms with Crippen molar-refractivity contribution in [2.24, 2.45) is 0 Å². The van der Waals surface area contributed by atoms with Crippen molar-refractivity contribution in [3.63, 3.8) is 0 Å². The van der Waals surface area contributed by atoms with Gasteiger partial charge in [0.2, 0.25) is 0 Å². The van der Waals surface area contributed by atoms with Crippen LogP contribution in [0.3, 0.4) is 0 Å². The highest BCUT2D eigenvalue weighted by atomic mass is 16.5. The first kappa shape index (κ1) is 12.0. The SMILES string of the molecule is COc1cc(-c2cnc3c(c2)C=CC3)cc(C)c1C. The number of aromatic nitrogens is 1. The smallest absolute Gasteiger partial charge is 0.122 e. The molecule has 2 nitrogen and oxygen atoms in total. The van der Waals surface area contributed by atoms with E-state index in [1.807, 2.05) is 6.20 Å². The van der Waals surface area contributed by atoms with Crippen molar-refractivity contribution < 1.29 is 4.74 Å². The van der Waals surface area contributed by atoms with E-state index in [1.54, 1.807) is 7.11 Å². The Morgan fingerprint density at radius 1 is 1.11 bits per heavy atom. The first-order valence-corrected chi connectivity index (χ1v) is 6.50. The molecule has 0 unspecified atom stereocenters. The van der Waals surface area contributed by atoms with Crippen molar-refractivity contribution in [3.05, 3.63) is 52.9 Å². The highest BCUT2D eigenvalue weighted by Crippen LogP contribution is 2.31. The largest absolute Gasteiger partial charge is 0.496 e. The molecule has 96 valence electrons. The number of allylic oxidation sites excluding steroid dienone is 1. The van der Waals surface area contributed by atoms with Crippen LogP contribution in [0.5, 0.6) is 5.75 Å². The summed E-state index contributed by atoms with van der Waals surface area (Å²) in [5, 5.41) is 0. The van der Waals surface area contributed by atoms with E-state index in [0.717, 1.165) is 23.3 Å². The number of pyridine rings is 1. The lowest BCUT2D eigenvalue weighted by molar-refractivity contribution is 0.411. The summed E-state index contributed by atoms with van der Waals surface area (Å²) in [4.78, 5) is 4.54. The van der Waals surface area contributed by atoms with Crippen molar-refractivity contribution >= 4 is 6.08 Å². The Hall–Kier alpha value is -2.09. The predicted octanol–water partition coefficient (Wildman–Crippen LogP) is 3.94. The number of ether oxygens (including phenoxy) is 1. The number of fused-ring (bicyclic) bond motifs is 1. The number of nitrogens with zero attached hydrogens (tertiary/aromatic N) is 1. The van der Waals surface area contributed by atoms with E-state index in [-0.39, 0.29) is 0 Å². The summed E-state index contributed by atoms with van der Waals surface area (Å²) >= 11 is 0. The molecule has 2 aromatic rings. The van der Waals surface area contributed by atoms with Crippen molar-refractivity contribution in [1.82, 2.24) is 4.98 Å². The molecule has 0 spiro atoms. The lowest BCUT2D eigenvalue weighted by Gasteiger charge is -2.11. The molecule has 0 aliphatic heterocycles. The lowest BCUT2D eigenvalue weighted by Crippen LogP contribution is -1.93. The molecular weight excluding hydrogens is 234 g/mol. The first-order chi connectivity index (χ1) is 9.19. The summed E-state index contributed by atoms with van der Waals surface area (Å²) in [7, 11) is 1.72. The minimum atomic E-state index is 0.936. The molecule has 0 N–H and O–H groups in total. The predicted molar refractivity (Wildman–Crippen MR) is 78.4 cm³/mol. The van der Waals surface area contributed by atoms with Crippen LogP contribution in [-0.2, 0) is 6.42 Å². The summed E-state index contributed by atoms with van der Waals surface area (Å²) in [6.07, 6.45) is 7.20. The number of rotatable bonds is 2. The molecular formula is C17H17NO. The van der Waals surface area contributed by atoms with Gasteiger partial charge in [0.15, 0.2) is 0 Å². The van der Waals surface area contributed by atoms with Gasteiger partial charge in [0.25, 0.3) is 0 Å². The molecule has 0 bridgehead atoms. The van der Waals surface area contributed by atoms with Crippen LogP contribution in [0, 0.1) is 13.8 Å². The average molecular weight is 251 g/mol. The van der Waals surface area contributed by atoms with Crippen LogP contribution >= 0.6 is 0 Å². The van der Waals surface area contributed by atoms with E-state index in [2.05, 4.69) is 49.2 Å². The van der Waals surface area contributed by atoms with Crippen LogP contribution in [0.25, 0.3) is 17.2 Å². The molecule has 0 radical (unpaired) electrons. The summed E-state index contributed by atoms with van der Waals surface area (Å²) < 4.78 is 5.45. The third-order valence-corrected chi connectivity index (χ3v) is 3.79. The Kier molecular flexibility index (Phi) is 2.86. The Morgan fingerprint density at radius 2 is 1.95 bits per heavy atom. The maximum atomic E-state index is 5.45. The standard InChI is InChI=1S/C17H17NO/c1-11-7-14(9-17(19-3)12(11)2)15-8-13-5-4-6-16(13)18-10-15/h4-5,7-10H,6H2,1-3H3. The van der Waals surface area contributed by atoms with E-state index in [9.17, 15) is 0 Å². The summed E-state index contributed by atoms with van der Waals surface area (Å²) in [6, 6.07) is 6.49. The second-order valence-corrected chi connectivity index (χ2v) is 4.99. The molecule has 1 heterocycles. The van der Waals surface area contributed by atoms with Crippen LogP contribution in [0.1, 0.15) is 22.4 Å². The van der Waals surface area contributed by atoms with Gasteiger partial charge in [-0.1, -0.05) is 18.2 Å². The van der Waals surface area contributed by atoms with Gasteiger partial charge in [-0.2, -0.15) is 0 Å². The molecule has 19 heavy (non-hydrogen) atoms. The van der Waals surface area contributed by atoms with Gasteiger partial charge in [0, 0.05) is 18.2 Å². The zero-order chi connectivity index (χ0) is 13.4. The lowest BCUT2D eigenvalue weighted by atomic mass is 9.99. The molecule has 1 aliphatic carbocycles. The molecule has 0 saturated carbocycles. The Morgan fingerprint density at radius 3 is 2.74 bits per heavy atom. The summed E-state index contributed by atoms with van der Waals surface area (Å²) in [5.74, 6) is 0.936. The van der Waals surface area contributed by atoms with Crippen LogP contribution in [0.15, 0.2) is 30.5 Å². The number of hydrogen-bond donors (Lipinski definition) is 0. The second kappa shape index (κ2) is 4.54. The molecule has 0 atom stereocenters. The Labute approximate surface area is 113 Å². The molecule has 0 saturated heterocycles. The third-order valence-electron chi connectivity index (χ3n) is 3.79. The zero-order valence-corrected chi connectivity index (χ0v) is 11.5. The van der Waals surface area contributed by atoms with E-state index in [0.29, 0.717) is 0 Å². The van der Waals surface area contributed by atoms with E-state index in [4.69, 9.17) is 4.74 Å². The number of benzene rings is 1. The Balaban J connectivity index is 2.12. The third kappa shape index (κ3) is 2.03. The fourth-order valence-electron chi connectivity index (χ4n) is 2.49. The fraction of sp³-hybridized carbons (Fsp3) is 0.235. The van der Waals surface area contributed by atoms with Gasteiger partial charge in [0.05, 0.1) is 12.8 Å². The maximum Gasteiger partial charge on any atom is 0.122 e. The van der Waals surface area contributed by atoms with Gasteiger partial charge in [-0.05, 0) is 48.2 Å².